The van der Waals surface area contributed by atoms with Gasteiger partial charge < -0.3 is 11.1 Å². The number of anilines is 3. The molecule has 8 heteroatoms. The second kappa shape index (κ2) is 11.7. The molecule has 0 aliphatic rings. The van der Waals surface area contributed by atoms with Gasteiger partial charge in [0.15, 0.2) is 0 Å². The number of nitrogens with one attached hydrogen (secondary N) is 1. The first-order valence-electron chi connectivity index (χ1n) is 8.78. The lowest BCUT2D eigenvalue weighted by atomic mass is 10.2. The Morgan fingerprint density at radius 3 is 1.27 bits per heavy atom. The van der Waals surface area contributed by atoms with Crippen molar-refractivity contribution in [2.75, 3.05) is 11.1 Å². The van der Waals surface area contributed by atoms with Crippen molar-refractivity contribution in [3.8, 4) is 0 Å². The topological polar surface area (TPSA) is 38.0 Å². The molecule has 0 saturated carbocycles. The monoisotopic (exact) mass is 428 g/mol. The largest absolute Gasteiger partial charge is 0.399 e. The highest BCUT2D eigenvalue weighted by atomic mass is 19.4. The lowest BCUT2D eigenvalue weighted by Crippen LogP contribution is -2.20. The number of alkyl halides is 6. The number of hydrogen-bond donors (Lipinski definition) is 2. The minimum absolute atomic E-state index is 0.868. The fourth-order valence-corrected chi connectivity index (χ4v) is 2.02. The van der Waals surface area contributed by atoms with Crippen molar-refractivity contribution in [2.45, 2.75) is 25.7 Å². The number of para-hydroxylation sites is 3. The number of benzene rings is 3. The van der Waals surface area contributed by atoms with Gasteiger partial charge in [0.1, 0.15) is 6.42 Å². The predicted octanol–water partition coefficient (Wildman–Crippen LogP) is 7.51. The van der Waals surface area contributed by atoms with Gasteiger partial charge in [-0.3, -0.25) is 0 Å². The average Bonchev–Trinajstić information content (AvgIpc) is 2.64. The van der Waals surface area contributed by atoms with E-state index >= 15 is 0 Å². The quantitative estimate of drug-likeness (QED) is 0.327. The van der Waals surface area contributed by atoms with Crippen LogP contribution < -0.4 is 11.1 Å². The highest BCUT2D eigenvalue weighted by Crippen LogP contribution is 2.31. The lowest BCUT2D eigenvalue weighted by Gasteiger charge is -2.08. The van der Waals surface area contributed by atoms with E-state index in [0.29, 0.717) is 0 Å². The Hall–Kier alpha value is -3.16. The Labute approximate surface area is 171 Å². The van der Waals surface area contributed by atoms with E-state index in [2.05, 4.69) is 5.32 Å². The minimum Gasteiger partial charge on any atom is -0.399 e. The van der Waals surface area contributed by atoms with Gasteiger partial charge in [-0.05, 0) is 42.8 Å². The smallest absolute Gasteiger partial charge is 0.397 e. The van der Waals surface area contributed by atoms with Crippen molar-refractivity contribution in [1.82, 2.24) is 0 Å². The van der Waals surface area contributed by atoms with E-state index in [9.17, 15) is 26.3 Å². The number of nitrogen functional groups attached to an aromatic ring is 1. The molecule has 0 atom stereocenters. The first kappa shape index (κ1) is 24.9. The van der Waals surface area contributed by atoms with Gasteiger partial charge in [-0.1, -0.05) is 54.6 Å². The van der Waals surface area contributed by atoms with Crippen molar-refractivity contribution in [3.05, 3.63) is 90.5 Å². The van der Waals surface area contributed by atoms with Crippen LogP contribution in [0.5, 0.6) is 0 Å². The summed E-state index contributed by atoms with van der Waals surface area (Å²) in [5, 5.41) is 3.30. The molecule has 30 heavy (non-hydrogen) atoms. The minimum atomic E-state index is -5.14. The first-order chi connectivity index (χ1) is 14.0. The molecule has 3 aromatic carbocycles. The maximum Gasteiger partial charge on any atom is 0.397 e. The van der Waals surface area contributed by atoms with Crippen LogP contribution in [0.4, 0.5) is 43.4 Å². The second-order valence-corrected chi connectivity index (χ2v) is 6.12. The zero-order chi connectivity index (χ0) is 22.6. The summed E-state index contributed by atoms with van der Waals surface area (Å²) < 4.78 is 65.0. The Morgan fingerprint density at radius 1 is 0.633 bits per heavy atom. The molecular weight excluding hydrogens is 406 g/mol. The van der Waals surface area contributed by atoms with E-state index < -0.39 is 18.8 Å². The fraction of sp³-hybridized carbons (Fsp3) is 0.182. The van der Waals surface area contributed by atoms with E-state index in [1.807, 2.05) is 91.9 Å². The highest BCUT2D eigenvalue weighted by molar-refractivity contribution is 5.58. The average molecular weight is 428 g/mol. The Kier molecular flexibility index (Phi) is 9.74. The predicted molar refractivity (Wildman–Crippen MR) is 108 cm³/mol. The molecule has 162 valence electrons. The summed E-state index contributed by atoms with van der Waals surface area (Å²) in [6.07, 6.45) is -13.0. The van der Waals surface area contributed by atoms with Gasteiger partial charge in [0.25, 0.3) is 0 Å². The van der Waals surface area contributed by atoms with E-state index in [0.717, 1.165) is 22.6 Å². The Balaban J connectivity index is 0.000000235. The third-order valence-electron chi connectivity index (χ3n) is 3.43. The number of hydrogen-bond acceptors (Lipinski definition) is 2. The number of halogens is 6. The van der Waals surface area contributed by atoms with Crippen molar-refractivity contribution < 1.29 is 26.3 Å². The van der Waals surface area contributed by atoms with Crippen LogP contribution in [0, 0.1) is 6.92 Å². The molecule has 3 N–H and O–H groups in total. The summed E-state index contributed by atoms with van der Waals surface area (Å²) in [7, 11) is 0. The molecule has 0 fully saturated rings. The van der Waals surface area contributed by atoms with Gasteiger partial charge >= 0.3 is 12.4 Å². The van der Waals surface area contributed by atoms with Gasteiger partial charge in [-0.2, -0.15) is 26.3 Å². The van der Waals surface area contributed by atoms with Crippen LogP contribution in [0.15, 0.2) is 84.9 Å². The van der Waals surface area contributed by atoms with Gasteiger partial charge in [0.05, 0.1) is 0 Å². The highest BCUT2D eigenvalue weighted by Gasteiger charge is 2.43. The van der Waals surface area contributed by atoms with E-state index in [4.69, 9.17) is 5.73 Å². The number of nitrogens with two attached hydrogens (primary N) is 1. The van der Waals surface area contributed by atoms with Gasteiger partial charge in [0, 0.05) is 17.1 Å². The Bertz CT molecular complexity index is 776. The zero-order valence-corrected chi connectivity index (χ0v) is 16.1. The summed E-state index contributed by atoms with van der Waals surface area (Å²) in [4.78, 5) is 0. The van der Waals surface area contributed by atoms with Crippen LogP contribution in [0.2, 0.25) is 0 Å². The normalized spacial score (nSPS) is 10.8. The molecule has 0 aromatic heterocycles. The summed E-state index contributed by atoms with van der Waals surface area (Å²) >= 11 is 0. The molecule has 2 nitrogen and oxygen atoms in total. The molecule has 0 unspecified atom stereocenters. The standard InChI is InChI=1S/C12H11N.C7H9N.C3H2F6/c1-3-7-11(8-4-1)13-12-9-5-2-6-10-12;1-6-4-2-3-5-7(6)8;4-2(5,6)1-3(7,8)9/h1-10,13H;2-5H,8H2,1H3;1H2. The van der Waals surface area contributed by atoms with E-state index in [-0.39, 0.29) is 0 Å². The lowest BCUT2D eigenvalue weighted by molar-refractivity contribution is -0.232. The van der Waals surface area contributed by atoms with Crippen LogP contribution in [0.3, 0.4) is 0 Å². The molecule has 3 rings (SSSR count). The zero-order valence-electron chi connectivity index (χ0n) is 16.1. The molecule has 0 aliphatic carbocycles. The maximum atomic E-state index is 10.8. The molecule has 0 heterocycles. The first-order valence-corrected chi connectivity index (χ1v) is 8.78. The van der Waals surface area contributed by atoms with Crippen LogP contribution in [0.25, 0.3) is 0 Å². The maximum absolute atomic E-state index is 10.8. The van der Waals surface area contributed by atoms with Gasteiger partial charge in [-0.25, -0.2) is 0 Å². The second-order valence-electron chi connectivity index (χ2n) is 6.12. The fourth-order valence-electron chi connectivity index (χ4n) is 2.02. The molecule has 0 amide bonds. The third kappa shape index (κ3) is 12.3. The van der Waals surface area contributed by atoms with Crippen molar-refractivity contribution in [1.29, 1.82) is 0 Å². The molecule has 0 bridgehead atoms. The molecule has 0 radical (unpaired) electrons. The molecule has 0 aliphatic heterocycles. The van der Waals surface area contributed by atoms with Gasteiger partial charge in [0.2, 0.25) is 0 Å². The van der Waals surface area contributed by atoms with Crippen LogP contribution in [-0.4, -0.2) is 12.4 Å². The molecule has 0 saturated heterocycles. The van der Waals surface area contributed by atoms with Crippen LogP contribution in [-0.2, 0) is 0 Å². The molecule has 0 spiro atoms. The van der Waals surface area contributed by atoms with Crippen LogP contribution >= 0.6 is 0 Å². The van der Waals surface area contributed by atoms with Gasteiger partial charge in [-0.15, -0.1) is 0 Å². The SMILES string of the molecule is Cc1ccccc1N.FC(F)(F)CC(F)(F)F.c1ccc(Nc2ccccc2)cc1. The van der Waals surface area contributed by atoms with Crippen molar-refractivity contribution in [2.24, 2.45) is 0 Å². The summed E-state index contributed by atoms with van der Waals surface area (Å²) in [5.41, 5.74) is 9.77. The van der Waals surface area contributed by atoms with E-state index in [1.54, 1.807) is 0 Å². The summed E-state index contributed by atoms with van der Waals surface area (Å²) in [6, 6.07) is 28.1. The number of aryl methyl sites for hydroxylation is 1. The molecular formula is C22H22F6N2. The van der Waals surface area contributed by atoms with Crippen LogP contribution in [0.1, 0.15) is 12.0 Å². The molecule has 3 aromatic rings. The summed E-state index contributed by atoms with van der Waals surface area (Å²) in [6.45, 7) is 2.00. The number of rotatable bonds is 2. The van der Waals surface area contributed by atoms with Crippen molar-refractivity contribution in [3.63, 3.8) is 0 Å². The summed E-state index contributed by atoms with van der Waals surface area (Å²) in [5.74, 6) is 0. The third-order valence-corrected chi connectivity index (χ3v) is 3.43. The Morgan fingerprint density at radius 2 is 1.00 bits per heavy atom. The van der Waals surface area contributed by atoms with E-state index in [1.165, 1.54) is 0 Å². The van der Waals surface area contributed by atoms with Crippen molar-refractivity contribution >= 4 is 17.1 Å².